The van der Waals surface area contributed by atoms with E-state index in [1.54, 1.807) is 10.9 Å². The first-order chi connectivity index (χ1) is 13.2. The summed E-state index contributed by atoms with van der Waals surface area (Å²) in [4.78, 5) is 15.1. The smallest absolute Gasteiger partial charge is 0.253 e. The first kappa shape index (κ1) is 17.5. The number of hydrogen-bond acceptors (Lipinski definition) is 2. The Morgan fingerprint density at radius 2 is 1.93 bits per heavy atom. The molecule has 1 aliphatic rings. The van der Waals surface area contributed by atoms with Crippen molar-refractivity contribution in [3.05, 3.63) is 83.9 Å². The molecule has 1 aliphatic heterocycles. The summed E-state index contributed by atoms with van der Waals surface area (Å²) in [5.41, 5.74) is 2.64. The van der Waals surface area contributed by atoms with Crippen LogP contribution in [0.5, 0.6) is 0 Å². The van der Waals surface area contributed by atoms with Crippen molar-refractivity contribution >= 4 is 5.91 Å². The molecule has 1 saturated heterocycles. The van der Waals surface area contributed by atoms with Crippen molar-refractivity contribution in [1.82, 2.24) is 14.7 Å². The molecule has 3 aromatic rings. The highest BCUT2D eigenvalue weighted by atomic mass is 19.1. The lowest BCUT2D eigenvalue weighted by Gasteiger charge is -2.25. The van der Waals surface area contributed by atoms with E-state index in [4.69, 9.17) is 0 Å². The highest BCUT2D eigenvalue weighted by Crippen LogP contribution is 2.27. The van der Waals surface area contributed by atoms with Crippen LogP contribution in [-0.2, 0) is 0 Å². The predicted molar refractivity (Wildman–Crippen MR) is 102 cm³/mol. The second kappa shape index (κ2) is 7.74. The standard InChI is InChI=1S/C22H22FN3O/c23-20-10-8-17(9-11-20)19-5-1-2-13-25(16-19)22(27)18-6-3-7-21(15-18)26-14-4-12-24-26/h3-4,6-12,14-15,19H,1-2,5,13,16H2/t19-/m0/s1. The van der Waals surface area contributed by atoms with Gasteiger partial charge in [0.05, 0.1) is 5.69 Å². The molecular weight excluding hydrogens is 341 g/mol. The molecule has 4 rings (SSSR count). The fourth-order valence-electron chi connectivity index (χ4n) is 3.72. The number of benzene rings is 2. The summed E-state index contributed by atoms with van der Waals surface area (Å²) in [5.74, 6) is 0.0557. The fraction of sp³-hybridized carbons (Fsp3) is 0.273. The van der Waals surface area contributed by atoms with Crippen molar-refractivity contribution in [2.45, 2.75) is 25.2 Å². The Morgan fingerprint density at radius 3 is 2.70 bits per heavy atom. The van der Waals surface area contributed by atoms with Crippen molar-refractivity contribution in [3.63, 3.8) is 0 Å². The van der Waals surface area contributed by atoms with Gasteiger partial charge in [-0.3, -0.25) is 4.79 Å². The van der Waals surface area contributed by atoms with Gasteiger partial charge in [-0.25, -0.2) is 9.07 Å². The van der Waals surface area contributed by atoms with Gasteiger partial charge >= 0.3 is 0 Å². The van der Waals surface area contributed by atoms with Crippen LogP contribution >= 0.6 is 0 Å². The Labute approximate surface area is 158 Å². The number of nitrogens with zero attached hydrogens (tertiary/aromatic N) is 3. The van der Waals surface area contributed by atoms with E-state index in [-0.39, 0.29) is 17.6 Å². The number of aromatic nitrogens is 2. The number of carbonyl (C=O) groups is 1. The lowest BCUT2D eigenvalue weighted by atomic mass is 9.94. The molecule has 1 atom stereocenters. The maximum atomic E-state index is 13.2. The first-order valence-electron chi connectivity index (χ1n) is 9.35. The summed E-state index contributed by atoms with van der Waals surface area (Å²) in [6.45, 7) is 1.42. The monoisotopic (exact) mass is 363 g/mol. The van der Waals surface area contributed by atoms with Crippen molar-refractivity contribution in [3.8, 4) is 5.69 Å². The summed E-state index contributed by atoms with van der Waals surface area (Å²) in [5, 5.41) is 4.23. The van der Waals surface area contributed by atoms with Crippen molar-refractivity contribution in [2.75, 3.05) is 13.1 Å². The third-order valence-corrected chi connectivity index (χ3v) is 5.16. The average molecular weight is 363 g/mol. The second-order valence-corrected chi connectivity index (χ2v) is 7.00. The zero-order valence-electron chi connectivity index (χ0n) is 15.1. The zero-order chi connectivity index (χ0) is 18.6. The molecule has 0 N–H and O–H groups in total. The van der Waals surface area contributed by atoms with E-state index in [9.17, 15) is 9.18 Å². The summed E-state index contributed by atoms with van der Waals surface area (Å²) >= 11 is 0. The molecular formula is C22H22FN3O. The van der Waals surface area contributed by atoms with Crippen LogP contribution in [0.1, 0.15) is 41.1 Å². The van der Waals surface area contributed by atoms with Crippen molar-refractivity contribution in [2.24, 2.45) is 0 Å². The number of likely N-dealkylation sites (tertiary alicyclic amines) is 1. The van der Waals surface area contributed by atoms with Crippen molar-refractivity contribution in [1.29, 1.82) is 0 Å². The van der Waals surface area contributed by atoms with Gasteiger partial charge in [0.15, 0.2) is 0 Å². The molecule has 0 spiro atoms. The first-order valence-corrected chi connectivity index (χ1v) is 9.35. The van der Waals surface area contributed by atoms with E-state index in [0.717, 1.165) is 37.1 Å². The molecule has 0 bridgehead atoms. The molecule has 2 aromatic carbocycles. The molecule has 0 aliphatic carbocycles. The molecule has 27 heavy (non-hydrogen) atoms. The van der Waals surface area contributed by atoms with Gasteiger partial charge in [-0.1, -0.05) is 24.6 Å². The quantitative estimate of drug-likeness (QED) is 0.691. The van der Waals surface area contributed by atoms with E-state index in [2.05, 4.69) is 5.10 Å². The SMILES string of the molecule is O=C(c1cccc(-n2cccn2)c1)N1CCCC[C@H](c2ccc(F)cc2)C1. The maximum absolute atomic E-state index is 13.2. The Kier molecular flexibility index (Phi) is 5.01. The minimum atomic E-state index is -0.226. The summed E-state index contributed by atoms with van der Waals surface area (Å²) < 4.78 is 15.0. The summed E-state index contributed by atoms with van der Waals surface area (Å²) in [6.07, 6.45) is 6.65. The third kappa shape index (κ3) is 3.92. The minimum absolute atomic E-state index is 0.0398. The van der Waals surface area contributed by atoms with Gasteiger partial charge in [-0.05, 0) is 54.8 Å². The van der Waals surface area contributed by atoms with E-state index in [1.165, 1.54) is 12.1 Å². The molecule has 0 radical (unpaired) electrons. The highest BCUT2D eigenvalue weighted by Gasteiger charge is 2.24. The largest absolute Gasteiger partial charge is 0.338 e. The van der Waals surface area contributed by atoms with E-state index < -0.39 is 0 Å². The molecule has 1 fully saturated rings. The number of halogens is 1. The fourth-order valence-corrected chi connectivity index (χ4v) is 3.72. The van der Waals surface area contributed by atoms with E-state index in [0.29, 0.717) is 12.1 Å². The van der Waals surface area contributed by atoms with Crippen LogP contribution in [0.3, 0.4) is 0 Å². The number of amides is 1. The van der Waals surface area contributed by atoms with Gasteiger partial charge in [0, 0.05) is 37.0 Å². The summed E-state index contributed by atoms with van der Waals surface area (Å²) in [6, 6.07) is 16.1. The molecule has 0 unspecified atom stereocenters. The van der Waals surface area contributed by atoms with Gasteiger partial charge in [-0.2, -0.15) is 5.10 Å². The van der Waals surface area contributed by atoms with Crippen LogP contribution < -0.4 is 0 Å². The molecule has 2 heterocycles. The minimum Gasteiger partial charge on any atom is -0.338 e. The van der Waals surface area contributed by atoms with E-state index in [1.807, 2.05) is 53.6 Å². The Balaban J connectivity index is 1.55. The van der Waals surface area contributed by atoms with E-state index >= 15 is 0 Å². The molecule has 1 aromatic heterocycles. The third-order valence-electron chi connectivity index (χ3n) is 5.16. The Bertz CT molecular complexity index is 906. The van der Waals surface area contributed by atoms with Crippen LogP contribution in [0.25, 0.3) is 5.69 Å². The molecule has 5 heteroatoms. The number of carbonyl (C=O) groups excluding carboxylic acids is 1. The Morgan fingerprint density at radius 1 is 1.07 bits per heavy atom. The van der Waals surface area contributed by atoms with Gasteiger partial charge in [0.1, 0.15) is 5.82 Å². The Hall–Kier alpha value is -2.95. The molecule has 4 nitrogen and oxygen atoms in total. The second-order valence-electron chi connectivity index (χ2n) is 7.00. The van der Waals surface area contributed by atoms with Crippen molar-refractivity contribution < 1.29 is 9.18 Å². The average Bonchev–Trinajstić information content (AvgIpc) is 3.13. The van der Waals surface area contributed by atoms with Gasteiger partial charge in [0.25, 0.3) is 5.91 Å². The molecule has 0 saturated carbocycles. The predicted octanol–water partition coefficient (Wildman–Crippen LogP) is 4.42. The summed E-state index contributed by atoms with van der Waals surface area (Å²) in [7, 11) is 0. The normalized spacial score (nSPS) is 17.5. The van der Waals surface area contributed by atoms with Gasteiger partial charge in [0.2, 0.25) is 0 Å². The van der Waals surface area contributed by atoms with Gasteiger partial charge < -0.3 is 4.90 Å². The van der Waals surface area contributed by atoms with Crippen LogP contribution in [0.15, 0.2) is 67.0 Å². The zero-order valence-corrected chi connectivity index (χ0v) is 15.1. The molecule has 1 amide bonds. The number of hydrogen-bond donors (Lipinski definition) is 0. The number of rotatable bonds is 3. The molecule has 138 valence electrons. The van der Waals surface area contributed by atoms with Crippen LogP contribution in [-0.4, -0.2) is 33.7 Å². The lowest BCUT2D eigenvalue weighted by Crippen LogP contribution is -2.34. The van der Waals surface area contributed by atoms with Crippen LogP contribution in [0, 0.1) is 5.82 Å². The maximum Gasteiger partial charge on any atom is 0.253 e. The lowest BCUT2D eigenvalue weighted by molar-refractivity contribution is 0.0754. The van der Waals surface area contributed by atoms with Gasteiger partial charge in [-0.15, -0.1) is 0 Å². The van der Waals surface area contributed by atoms with Crippen LogP contribution in [0.2, 0.25) is 0 Å². The highest BCUT2D eigenvalue weighted by molar-refractivity contribution is 5.94. The topological polar surface area (TPSA) is 38.1 Å². The van der Waals surface area contributed by atoms with Crippen LogP contribution in [0.4, 0.5) is 4.39 Å².